The molecule has 37 heavy (non-hydrogen) atoms. The van der Waals surface area contributed by atoms with Gasteiger partial charge in [-0.3, -0.25) is 0 Å². The molecular weight excluding hydrogens is 448 g/mol. The minimum Gasteiger partial charge on any atom is -0.494 e. The molecule has 1 aliphatic rings. The summed E-state index contributed by atoms with van der Waals surface area (Å²) in [6.07, 6.45) is 17.4. The number of benzene rings is 3. The maximum Gasteiger partial charge on any atom is 0.119 e. The van der Waals surface area contributed by atoms with Crippen LogP contribution in [0.5, 0.6) is 5.75 Å². The van der Waals surface area contributed by atoms with Crippen LogP contribution in [0.25, 0.3) is 10.8 Å². The second kappa shape index (κ2) is 14.9. The van der Waals surface area contributed by atoms with Gasteiger partial charge in [-0.15, -0.1) is 0 Å². The van der Waals surface area contributed by atoms with Crippen molar-refractivity contribution in [3.05, 3.63) is 77.4 Å². The Morgan fingerprint density at radius 2 is 1.30 bits per heavy atom. The van der Waals surface area contributed by atoms with E-state index < -0.39 is 0 Å². The van der Waals surface area contributed by atoms with Gasteiger partial charge in [-0.2, -0.15) is 0 Å². The highest BCUT2D eigenvalue weighted by Gasteiger charge is 2.21. The largest absolute Gasteiger partial charge is 0.494 e. The fraction of sp³-hybridized carbons (Fsp3) is 0.500. The SMILES string of the molecule is CCCCCCCOc1ccc2cc(C#Cc3ccc(C4CCC(CCCCC)CC4)cc3)ccc2c1. The number of rotatable bonds is 12. The van der Waals surface area contributed by atoms with Crippen LogP contribution in [0.15, 0.2) is 60.7 Å². The van der Waals surface area contributed by atoms with Crippen molar-refractivity contribution in [1.82, 2.24) is 0 Å². The summed E-state index contributed by atoms with van der Waals surface area (Å²) in [4.78, 5) is 0. The molecule has 0 radical (unpaired) electrons. The second-order valence-electron chi connectivity index (χ2n) is 11.1. The van der Waals surface area contributed by atoms with E-state index in [1.54, 1.807) is 0 Å². The third-order valence-electron chi connectivity index (χ3n) is 8.12. The molecule has 4 rings (SSSR count). The molecule has 0 aromatic heterocycles. The summed E-state index contributed by atoms with van der Waals surface area (Å²) in [6.45, 7) is 5.35. The van der Waals surface area contributed by atoms with Crippen molar-refractivity contribution >= 4 is 10.8 Å². The van der Waals surface area contributed by atoms with Gasteiger partial charge in [0.25, 0.3) is 0 Å². The Balaban J connectivity index is 1.28. The summed E-state index contributed by atoms with van der Waals surface area (Å²) >= 11 is 0. The van der Waals surface area contributed by atoms with Crippen molar-refractivity contribution in [2.45, 2.75) is 103 Å². The van der Waals surface area contributed by atoms with Gasteiger partial charge in [0.1, 0.15) is 5.75 Å². The van der Waals surface area contributed by atoms with Crippen molar-refractivity contribution in [2.24, 2.45) is 5.92 Å². The second-order valence-corrected chi connectivity index (χ2v) is 11.1. The van der Waals surface area contributed by atoms with E-state index in [4.69, 9.17) is 4.74 Å². The van der Waals surface area contributed by atoms with Gasteiger partial charge in [-0.25, -0.2) is 0 Å². The molecule has 0 atom stereocenters. The quantitative estimate of drug-likeness (QED) is 0.180. The normalized spacial score (nSPS) is 17.4. The van der Waals surface area contributed by atoms with Crippen LogP contribution in [0.1, 0.15) is 120 Å². The van der Waals surface area contributed by atoms with Gasteiger partial charge in [0.05, 0.1) is 6.61 Å². The summed E-state index contributed by atoms with van der Waals surface area (Å²) in [5.41, 5.74) is 3.66. The average Bonchev–Trinajstić information content (AvgIpc) is 2.94. The van der Waals surface area contributed by atoms with E-state index in [1.165, 1.54) is 93.4 Å². The predicted octanol–water partition coefficient (Wildman–Crippen LogP) is 10.4. The lowest BCUT2D eigenvalue weighted by atomic mass is 9.77. The minimum atomic E-state index is 0.736. The third kappa shape index (κ3) is 8.67. The Morgan fingerprint density at radius 3 is 2.08 bits per heavy atom. The Hall–Kier alpha value is -2.72. The van der Waals surface area contributed by atoms with Crippen LogP contribution >= 0.6 is 0 Å². The van der Waals surface area contributed by atoms with Crippen LogP contribution in [-0.2, 0) is 0 Å². The molecule has 3 aromatic rings. The number of hydrogen-bond donors (Lipinski definition) is 0. The van der Waals surface area contributed by atoms with Gasteiger partial charge in [-0.05, 0) is 96.7 Å². The molecule has 0 heterocycles. The zero-order chi connectivity index (χ0) is 25.7. The first kappa shape index (κ1) is 27.3. The van der Waals surface area contributed by atoms with E-state index in [2.05, 4.69) is 86.4 Å². The van der Waals surface area contributed by atoms with Gasteiger partial charge < -0.3 is 4.74 Å². The van der Waals surface area contributed by atoms with E-state index >= 15 is 0 Å². The number of fused-ring (bicyclic) bond motifs is 1. The molecule has 1 saturated carbocycles. The standard InChI is InChI=1S/C36H46O/c1-3-5-7-8-10-26-37-36-25-24-34-27-31(18-23-35(34)28-36)13-12-30-16-21-33(22-17-30)32-19-14-29(15-20-32)11-9-6-4-2/h16-18,21-25,27-29,32H,3-11,14-15,19-20,26H2,1-2H3. The maximum atomic E-state index is 5.98. The van der Waals surface area contributed by atoms with Gasteiger partial charge in [0.2, 0.25) is 0 Å². The number of hydrogen-bond acceptors (Lipinski definition) is 1. The number of unbranched alkanes of at least 4 members (excludes halogenated alkanes) is 6. The molecule has 1 fully saturated rings. The van der Waals surface area contributed by atoms with Crippen molar-refractivity contribution in [3.8, 4) is 17.6 Å². The molecule has 0 saturated heterocycles. The van der Waals surface area contributed by atoms with Crippen molar-refractivity contribution in [1.29, 1.82) is 0 Å². The van der Waals surface area contributed by atoms with Gasteiger partial charge >= 0.3 is 0 Å². The van der Waals surface area contributed by atoms with Crippen LogP contribution in [-0.4, -0.2) is 6.61 Å². The van der Waals surface area contributed by atoms with Gasteiger partial charge in [0, 0.05) is 11.1 Å². The molecule has 3 aromatic carbocycles. The lowest BCUT2D eigenvalue weighted by molar-refractivity contribution is 0.303. The topological polar surface area (TPSA) is 9.23 Å². The molecule has 0 aliphatic heterocycles. The van der Waals surface area contributed by atoms with Crippen LogP contribution in [0.2, 0.25) is 0 Å². The molecule has 0 spiro atoms. The van der Waals surface area contributed by atoms with E-state index in [9.17, 15) is 0 Å². The van der Waals surface area contributed by atoms with E-state index in [0.29, 0.717) is 0 Å². The Kier molecular flexibility index (Phi) is 11.0. The van der Waals surface area contributed by atoms with Crippen molar-refractivity contribution in [2.75, 3.05) is 6.61 Å². The maximum absolute atomic E-state index is 5.98. The molecule has 0 N–H and O–H groups in total. The average molecular weight is 495 g/mol. The monoisotopic (exact) mass is 494 g/mol. The lowest BCUT2D eigenvalue weighted by Crippen LogP contribution is -2.13. The first-order chi connectivity index (χ1) is 18.2. The highest BCUT2D eigenvalue weighted by molar-refractivity contribution is 5.85. The van der Waals surface area contributed by atoms with Crippen LogP contribution < -0.4 is 4.74 Å². The first-order valence-corrected chi connectivity index (χ1v) is 15.0. The lowest BCUT2D eigenvalue weighted by Gasteiger charge is -2.29. The molecule has 196 valence electrons. The van der Waals surface area contributed by atoms with E-state index in [-0.39, 0.29) is 0 Å². The molecule has 0 amide bonds. The Labute approximate surface area is 226 Å². The zero-order valence-corrected chi connectivity index (χ0v) is 23.2. The zero-order valence-electron chi connectivity index (χ0n) is 23.2. The molecule has 0 unspecified atom stereocenters. The van der Waals surface area contributed by atoms with Gasteiger partial charge in [-0.1, -0.05) is 101 Å². The molecular formula is C36H46O. The smallest absolute Gasteiger partial charge is 0.119 e. The molecule has 0 bridgehead atoms. The third-order valence-corrected chi connectivity index (χ3v) is 8.12. The Bertz CT molecular complexity index is 1140. The van der Waals surface area contributed by atoms with Crippen molar-refractivity contribution in [3.63, 3.8) is 0 Å². The van der Waals surface area contributed by atoms with E-state index in [1.807, 2.05) is 0 Å². The summed E-state index contributed by atoms with van der Waals surface area (Å²) in [5, 5.41) is 2.42. The highest BCUT2D eigenvalue weighted by Crippen LogP contribution is 2.37. The Morgan fingerprint density at radius 1 is 0.649 bits per heavy atom. The fourth-order valence-electron chi connectivity index (χ4n) is 5.74. The summed E-state index contributed by atoms with van der Waals surface area (Å²) in [6, 6.07) is 21.9. The summed E-state index contributed by atoms with van der Waals surface area (Å²) in [7, 11) is 0. The minimum absolute atomic E-state index is 0.736. The summed E-state index contributed by atoms with van der Waals surface area (Å²) in [5.74, 6) is 9.42. The highest BCUT2D eigenvalue weighted by atomic mass is 16.5. The van der Waals surface area contributed by atoms with E-state index in [0.717, 1.165) is 41.7 Å². The van der Waals surface area contributed by atoms with Crippen LogP contribution in [0, 0.1) is 17.8 Å². The molecule has 1 aliphatic carbocycles. The van der Waals surface area contributed by atoms with Crippen molar-refractivity contribution < 1.29 is 4.74 Å². The number of ether oxygens (including phenoxy) is 1. The fourth-order valence-corrected chi connectivity index (χ4v) is 5.74. The van der Waals surface area contributed by atoms with Gasteiger partial charge in [0.15, 0.2) is 0 Å². The van der Waals surface area contributed by atoms with Crippen LogP contribution in [0.4, 0.5) is 0 Å². The molecule has 1 nitrogen and oxygen atoms in total. The summed E-state index contributed by atoms with van der Waals surface area (Å²) < 4.78 is 5.98. The molecule has 1 heteroatoms. The van der Waals surface area contributed by atoms with Crippen LogP contribution in [0.3, 0.4) is 0 Å². The first-order valence-electron chi connectivity index (χ1n) is 15.0. The predicted molar refractivity (Wildman–Crippen MR) is 159 cm³/mol.